The molecule has 6 nitrogen and oxygen atoms in total. The maximum Gasteiger partial charge on any atom is 0.291 e. The summed E-state index contributed by atoms with van der Waals surface area (Å²) in [6.45, 7) is 5.02. The van der Waals surface area contributed by atoms with Crippen molar-refractivity contribution in [2.24, 2.45) is 0 Å². The van der Waals surface area contributed by atoms with E-state index in [1.807, 2.05) is 80.6 Å². The van der Waals surface area contributed by atoms with Crippen molar-refractivity contribution < 1.29 is 18.7 Å². The minimum atomic E-state index is -0.585. The Balaban J connectivity index is 1.49. The molecule has 2 atom stereocenters. The Morgan fingerprint density at radius 2 is 1.72 bits per heavy atom. The van der Waals surface area contributed by atoms with E-state index in [0.717, 1.165) is 29.5 Å². The quantitative estimate of drug-likeness (QED) is 0.354. The van der Waals surface area contributed by atoms with Gasteiger partial charge in [0.25, 0.3) is 5.91 Å². The maximum atomic E-state index is 13.9. The molecule has 0 N–H and O–H groups in total. The zero-order valence-corrected chi connectivity index (χ0v) is 20.3. The Bertz CT molecular complexity index is 1520. The summed E-state index contributed by atoms with van der Waals surface area (Å²) >= 11 is 0. The summed E-state index contributed by atoms with van der Waals surface area (Å²) in [4.78, 5) is 29.3. The van der Waals surface area contributed by atoms with Crippen LogP contribution in [0.25, 0.3) is 11.0 Å². The van der Waals surface area contributed by atoms with Crippen molar-refractivity contribution in [3.8, 4) is 11.5 Å². The van der Waals surface area contributed by atoms with Crippen LogP contribution in [0.15, 0.2) is 75.9 Å². The summed E-state index contributed by atoms with van der Waals surface area (Å²) in [6.07, 6.45) is 1.78. The van der Waals surface area contributed by atoms with Gasteiger partial charge in [-0.1, -0.05) is 30.3 Å². The molecule has 0 aliphatic carbocycles. The molecule has 2 aliphatic rings. The molecule has 182 valence electrons. The first kappa shape index (κ1) is 22.6. The summed E-state index contributed by atoms with van der Waals surface area (Å²) in [6, 6.07) is 20.2. The minimum absolute atomic E-state index is 0.0662. The molecule has 4 aromatic rings. The Morgan fingerprint density at radius 3 is 2.50 bits per heavy atom. The van der Waals surface area contributed by atoms with Crippen LogP contribution in [0, 0.1) is 13.8 Å². The van der Waals surface area contributed by atoms with E-state index in [0.29, 0.717) is 41.2 Å². The van der Waals surface area contributed by atoms with Gasteiger partial charge in [-0.3, -0.25) is 9.59 Å². The molecule has 1 amide bonds. The highest BCUT2D eigenvalue weighted by Gasteiger charge is 2.44. The number of carbonyl (C=O) groups is 1. The highest BCUT2D eigenvalue weighted by molar-refractivity contribution is 5.99. The predicted molar refractivity (Wildman–Crippen MR) is 137 cm³/mol. The summed E-state index contributed by atoms with van der Waals surface area (Å²) in [5.74, 6) is 1.18. The average molecular weight is 482 g/mol. The monoisotopic (exact) mass is 481 g/mol. The van der Waals surface area contributed by atoms with Crippen molar-refractivity contribution in [2.45, 2.75) is 38.8 Å². The van der Waals surface area contributed by atoms with Crippen molar-refractivity contribution in [3.63, 3.8) is 0 Å². The Morgan fingerprint density at radius 1 is 0.944 bits per heavy atom. The largest absolute Gasteiger partial charge is 0.457 e. The van der Waals surface area contributed by atoms with Crippen molar-refractivity contribution in [1.29, 1.82) is 0 Å². The van der Waals surface area contributed by atoms with Crippen molar-refractivity contribution in [3.05, 3.63) is 105 Å². The minimum Gasteiger partial charge on any atom is -0.457 e. The molecule has 0 bridgehead atoms. The first-order valence-electron chi connectivity index (χ1n) is 12.3. The lowest BCUT2D eigenvalue weighted by molar-refractivity contribution is 0.0486. The van der Waals surface area contributed by atoms with Crippen LogP contribution in [0.2, 0.25) is 0 Å². The molecule has 1 saturated heterocycles. The summed E-state index contributed by atoms with van der Waals surface area (Å²) in [5.41, 5.74) is 3.46. The van der Waals surface area contributed by atoms with Crippen molar-refractivity contribution >= 4 is 16.9 Å². The third-order valence-corrected chi connectivity index (χ3v) is 7.16. The predicted octanol–water partition coefficient (Wildman–Crippen LogP) is 5.93. The van der Waals surface area contributed by atoms with Gasteiger partial charge in [0, 0.05) is 13.2 Å². The number of fused-ring (bicyclic) bond motifs is 2. The zero-order valence-electron chi connectivity index (χ0n) is 20.3. The lowest BCUT2D eigenvalue weighted by Gasteiger charge is -2.27. The number of nitrogens with zero attached hydrogens (tertiary/aromatic N) is 1. The second-order valence-corrected chi connectivity index (χ2v) is 9.59. The molecule has 3 aromatic carbocycles. The second-order valence-electron chi connectivity index (χ2n) is 9.59. The van der Waals surface area contributed by atoms with Gasteiger partial charge in [0.1, 0.15) is 17.1 Å². The van der Waals surface area contributed by atoms with Crippen LogP contribution in [0.3, 0.4) is 0 Å². The van der Waals surface area contributed by atoms with Gasteiger partial charge in [0.2, 0.25) is 5.76 Å². The number of benzene rings is 3. The third-order valence-electron chi connectivity index (χ3n) is 7.16. The van der Waals surface area contributed by atoms with E-state index >= 15 is 0 Å². The number of rotatable bonds is 5. The number of hydrogen-bond acceptors (Lipinski definition) is 5. The molecule has 0 spiro atoms. The highest BCUT2D eigenvalue weighted by Crippen LogP contribution is 2.40. The van der Waals surface area contributed by atoms with E-state index < -0.39 is 6.04 Å². The molecule has 2 aliphatic heterocycles. The fraction of sp³-hybridized carbons (Fsp3) is 0.267. The number of ether oxygens (including phenoxy) is 2. The van der Waals surface area contributed by atoms with Crippen LogP contribution in [0.1, 0.15) is 51.7 Å². The van der Waals surface area contributed by atoms with E-state index in [1.165, 1.54) is 0 Å². The Labute approximate surface area is 209 Å². The van der Waals surface area contributed by atoms with E-state index in [2.05, 4.69) is 0 Å². The Hall–Kier alpha value is -3.90. The van der Waals surface area contributed by atoms with Crippen LogP contribution in [-0.2, 0) is 4.74 Å². The molecule has 1 aromatic heterocycles. The van der Waals surface area contributed by atoms with Gasteiger partial charge < -0.3 is 18.8 Å². The fourth-order valence-corrected chi connectivity index (χ4v) is 5.19. The lowest BCUT2D eigenvalue weighted by Crippen LogP contribution is -2.36. The maximum absolute atomic E-state index is 13.9. The summed E-state index contributed by atoms with van der Waals surface area (Å²) in [7, 11) is 0. The smallest absolute Gasteiger partial charge is 0.291 e. The fourth-order valence-electron chi connectivity index (χ4n) is 5.19. The molecule has 2 unspecified atom stereocenters. The third kappa shape index (κ3) is 3.88. The van der Waals surface area contributed by atoms with E-state index in [4.69, 9.17) is 13.9 Å². The van der Waals surface area contributed by atoms with Crippen LogP contribution in [-0.4, -0.2) is 30.1 Å². The van der Waals surface area contributed by atoms with Crippen LogP contribution >= 0.6 is 0 Å². The first-order chi connectivity index (χ1) is 17.5. The second kappa shape index (κ2) is 8.95. The van der Waals surface area contributed by atoms with Gasteiger partial charge in [-0.2, -0.15) is 0 Å². The van der Waals surface area contributed by atoms with Gasteiger partial charge in [0.15, 0.2) is 5.43 Å². The van der Waals surface area contributed by atoms with E-state index in [1.54, 1.807) is 4.90 Å². The van der Waals surface area contributed by atoms with E-state index in [-0.39, 0.29) is 23.2 Å². The lowest BCUT2D eigenvalue weighted by atomic mass is 9.97. The van der Waals surface area contributed by atoms with Gasteiger partial charge in [0.05, 0.1) is 23.1 Å². The SMILES string of the molecule is Cc1cc2oc3c(c(=O)c2cc1C)C(c1cccc(Oc2ccccc2)c1)N(CC1CCCO1)C3=O. The molecule has 3 heterocycles. The van der Waals surface area contributed by atoms with Gasteiger partial charge in [-0.05, 0) is 79.8 Å². The van der Waals surface area contributed by atoms with E-state index in [9.17, 15) is 9.59 Å². The van der Waals surface area contributed by atoms with Gasteiger partial charge >= 0.3 is 0 Å². The van der Waals surface area contributed by atoms with Crippen LogP contribution < -0.4 is 10.2 Å². The summed E-state index contributed by atoms with van der Waals surface area (Å²) < 4.78 is 18.1. The molecule has 1 fully saturated rings. The normalized spacial score (nSPS) is 19.2. The molecular weight excluding hydrogens is 454 g/mol. The van der Waals surface area contributed by atoms with Gasteiger partial charge in [-0.15, -0.1) is 0 Å². The zero-order chi connectivity index (χ0) is 24.8. The topological polar surface area (TPSA) is 69.0 Å². The highest BCUT2D eigenvalue weighted by atomic mass is 16.5. The average Bonchev–Trinajstić information content (AvgIpc) is 3.49. The molecule has 36 heavy (non-hydrogen) atoms. The first-order valence-corrected chi connectivity index (χ1v) is 12.3. The molecule has 6 heteroatoms. The number of para-hydroxylation sites is 1. The van der Waals surface area contributed by atoms with Gasteiger partial charge in [-0.25, -0.2) is 0 Å². The van der Waals surface area contributed by atoms with Crippen molar-refractivity contribution in [2.75, 3.05) is 13.2 Å². The molecule has 0 saturated carbocycles. The van der Waals surface area contributed by atoms with Crippen LogP contribution in [0.5, 0.6) is 11.5 Å². The molecular formula is C30H27NO5. The molecule has 6 rings (SSSR count). The van der Waals surface area contributed by atoms with Crippen molar-refractivity contribution in [1.82, 2.24) is 4.90 Å². The standard InChI is InChI=1S/C30H27NO5/c1-18-14-24-25(15-19(18)2)36-29-26(28(24)32)27(31(30(29)33)17-23-12-7-13-34-23)20-8-6-11-22(16-20)35-21-9-4-3-5-10-21/h3-6,8-11,14-16,23,27H,7,12-13,17H2,1-2H3. The molecule has 0 radical (unpaired) electrons. The number of amides is 1. The Kier molecular flexibility index (Phi) is 5.61. The number of aryl methyl sites for hydroxylation is 2. The van der Waals surface area contributed by atoms with Crippen LogP contribution in [0.4, 0.5) is 0 Å². The summed E-state index contributed by atoms with van der Waals surface area (Å²) in [5, 5.41) is 0.491. The number of hydrogen-bond donors (Lipinski definition) is 0. The number of carbonyl (C=O) groups excluding carboxylic acids is 1.